The SMILES string of the molecule is [B].[CH2-]C.[Y]. The van der Waals surface area contributed by atoms with E-state index in [-0.39, 0.29) is 41.1 Å². The van der Waals surface area contributed by atoms with Gasteiger partial charge in [0.05, 0.1) is 0 Å². The average molecular weight is 129 g/mol. The Bertz CT molecular complexity index is 6.00. The van der Waals surface area contributed by atoms with Crippen LogP contribution in [0.15, 0.2) is 0 Å². The van der Waals surface area contributed by atoms with Crippen molar-refractivity contribution in [1.82, 2.24) is 0 Å². The molecule has 2 heteroatoms. The van der Waals surface area contributed by atoms with Crippen LogP contribution in [-0.4, -0.2) is 8.41 Å². The molecule has 0 aromatic rings. The van der Waals surface area contributed by atoms with Gasteiger partial charge in [-0.05, 0) is 0 Å². The normalized spacial score (nSPS) is 1.50. The Kier molecular flexibility index (Phi) is 146. The first-order valence-corrected chi connectivity index (χ1v) is 0.707. The Labute approximate surface area is 54.8 Å². The molecule has 0 nitrogen and oxygen atoms in total. The van der Waals surface area contributed by atoms with Gasteiger partial charge in [0.25, 0.3) is 0 Å². The second-order valence-corrected chi connectivity index (χ2v) is 0. The summed E-state index contributed by atoms with van der Waals surface area (Å²) in [6.45, 7) is 5.00. The average Bonchev–Trinajstić information content (AvgIpc) is 1.00. The minimum Gasteiger partial charge on any atom is -0.346 e. The van der Waals surface area contributed by atoms with E-state index in [1.807, 2.05) is 0 Å². The molecule has 4 heavy (non-hydrogen) atoms. The van der Waals surface area contributed by atoms with Crippen LogP contribution in [0.2, 0.25) is 0 Å². The third kappa shape index (κ3) is 10.9. The van der Waals surface area contributed by atoms with Crippen molar-refractivity contribution in [1.29, 1.82) is 0 Å². The van der Waals surface area contributed by atoms with E-state index in [9.17, 15) is 0 Å². The Hall–Kier alpha value is 1.17. The van der Waals surface area contributed by atoms with Crippen molar-refractivity contribution in [3.05, 3.63) is 6.92 Å². The van der Waals surface area contributed by atoms with E-state index >= 15 is 0 Å². The van der Waals surface area contributed by atoms with Crippen LogP contribution in [0.4, 0.5) is 0 Å². The first-order valence-electron chi connectivity index (χ1n) is 0.707. The maximum Gasteiger partial charge on any atom is 0 e. The molecule has 0 unspecified atom stereocenters. The summed E-state index contributed by atoms with van der Waals surface area (Å²) in [4.78, 5) is 0. The number of hydrogen-bond acceptors (Lipinski definition) is 0. The summed E-state index contributed by atoms with van der Waals surface area (Å²) in [5.74, 6) is 0. The standard InChI is InChI=1S/C2H5.B.Y/c1-2;;/h1H2,2H3;;/q-1;;. The number of rotatable bonds is 0. The molecule has 0 rings (SSSR count). The molecule has 0 heterocycles. The summed E-state index contributed by atoms with van der Waals surface area (Å²) >= 11 is 0. The van der Waals surface area contributed by atoms with Crippen molar-refractivity contribution >= 4 is 8.41 Å². The maximum atomic E-state index is 3.25. The molecule has 0 atom stereocenters. The predicted molar refractivity (Wildman–Crippen MR) is 16.8 cm³/mol. The third-order valence-electron chi connectivity index (χ3n) is 0. The summed E-state index contributed by atoms with van der Waals surface area (Å²) in [6, 6.07) is 0. The molecular weight excluding hydrogens is 124 g/mol. The van der Waals surface area contributed by atoms with E-state index in [0.717, 1.165) is 0 Å². The Balaban J connectivity index is -0.00000000500. The van der Waals surface area contributed by atoms with E-state index in [1.54, 1.807) is 6.92 Å². The van der Waals surface area contributed by atoms with E-state index < -0.39 is 0 Å². The second kappa shape index (κ2) is 30.6. The van der Waals surface area contributed by atoms with Gasteiger partial charge in [-0.25, -0.2) is 0 Å². The largest absolute Gasteiger partial charge is 0.346 e. The molecule has 0 saturated carbocycles. The van der Waals surface area contributed by atoms with Gasteiger partial charge in [-0.1, -0.05) is 0 Å². The molecule has 0 bridgehead atoms. The van der Waals surface area contributed by atoms with Crippen molar-refractivity contribution in [3.63, 3.8) is 0 Å². The minimum absolute atomic E-state index is 0. The van der Waals surface area contributed by atoms with Crippen molar-refractivity contribution in [2.24, 2.45) is 0 Å². The molecule has 0 N–H and O–H groups in total. The fourth-order valence-corrected chi connectivity index (χ4v) is 0. The second-order valence-electron chi connectivity index (χ2n) is 0. The van der Waals surface area contributed by atoms with Crippen LogP contribution < -0.4 is 0 Å². The van der Waals surface area contributed by atoms with Crippen LogP contribution in [0.1, 0.15) is 6.92 Å². The van der Waals surface area contributed by atoms with Crippen molar-refractivity contribution < 1.29 is 32.7 Å². The monoisotopic (exact) mass is 129 g/mol. The Morgan fingerprint density at radius 1 is 1.25 bits per heavy atom. The van der Waals surface area contributed by atoms with Crippen LogP contribution in [-0.2, 0) is 32.7 Å². The van der Waals surface area contributed by atoms with Gasteiger partial charge in [0, 0.05) is 41.1 Å². The van der Waals surface area contributed by atoms with Gasteiger partial charge in [0.1, 0.15) is 0 Å². The van der Waals surface area contributed by atoms with Crippen LogP contribution in [0, 0.1) is 6.92 Å². The topological polar surface area (TPSA) is 0 Å². The number of hydrogen-bond donors (Lipinski definition) is 0. The molecule has 0 spiro atoms. The minimum atomic E-state index is 0. The van der Waals surface area contributed by atoms with Gasteiger partial charge in [-0.2, -0.15) is 6.92 Å². The summed E-state index contributed by atoms with van der Waals surface area (Å²) in [7, 11) is 0. The van der Waals surface area contributed by atoms with Crippen molar-refractivity contribution in [3.8, 4) is 0 Å². The fourth-order valence-electron chi connectivity index (χ4n) is 0. The van der Waals surface area contributed by atoms with Crippen molar-refractivity contribution in [2.75, 3.05) is 0 Å². The van der Waals surface area contributed by atoms with Crippen LogP contribution in [0.5, 0.6) is 0 Å². The van der Waals surface area contributed by atoms with E-state index in [2.05, 4.69) is 6.92 Å². The summed E-state index contributed by atoms with van der Waals surface area (Å²) in [5.41, 5.74) is 0. The van der Waals surface area contributed by atoms with Crippen LogP contribution in [0.3, 0.4) is 0 Å². The molecule has 0 fully saturated rings. The van der Waals surface area contributed by atoms with Gasteiger partial charge in [0.15, 0.2) is 0 Å². The zero-order chi connectivity index (χ0) is 2.00. The molecule has 0 aliphatic carbocycles. The van der Waals surface area contributed by atoms with Crippen LogP contribution in [0.25, 0.3) is 0 Å². The molecular formula is C2H5BY-. The summed E-state index contributed by atoms with van der Waals surface area (Å²) < 4.78 is 0. The Morgan fingerprint density at radius 2 is 1.25 bits per heavy atom. The summed E-state index contributed by atoms with van der Waals surface area (Å²) in [5, 5.41) is 0. The molecule has 0 aromatic carbocycles. The maximum absolute atomic E-state index is 3.25. The Morgan fingerprint density at radius 3 is 1.25 bits per heavy atom. The zero-order valence-electron chi connectivity index (χ0n) is 2.86. The van der Waals surface area contributed by atoms with Gasteiger partial charge in [0.2, 0.25) is 0 Å². The van der Waals surface area contributed by atoms with Crippen molar-refractivity contribution in [2.45, 2.75) is 6.92 Å². The third-order valence-corrected chi connectivity index (χ3v) is 0. The first kappa shape index (κ1) is 19.1. The molecule has 20 valence electrons. The van der Waals surface area contributed by atoms with Gasteiger partial charge in [-0.3, -0.25) is 0 Å². The molecule has 0 amide bonds. The van der Waals surface area contributed by atoms with Gasteiger partial charge < -0.3 is 6.92 Å². The molecule has 0 aliphatic heterocycles. The summed E-state index contributed by atoms with van der Waals surface area (Å²) in [6.07, 6.45) is 0. The molecule has 0 aromatic heterocycles. The van der Waals surface area contributed by atoms with Gasteiger partial charge >= 0.3 is 0 Å². The van der Waals surface area contributed by atoms with Gasteiger partial charge in [-0.15, -0.1) is 0 Å². The quantitative estimate of drug-likeness (QED) is 0.329. The molecule has 0 aliphatic rings. The fraction of sp³-hybridized carbons (Fsp3) is 0.500. The van der Waals surface area contributed by atoms with E-state index in [4.69, 9.17) is 0 Å². The predicted octanol–water partition coefficient (Wildman–Crippen LogP) is 0.457. The zero-order valence-corrected chi connectivity index (χ0v) is 5.70. The smallest absolute Gasteiger partial charge is 0 e. The van der Waals surface area contributed by atoms with Crippen LogP contribution >= 0.6 is 0 Å². The van der Waals surface area contributed by atoms with E-state index in [0.29, 0.717) is 0 Å². The first-order chi connectivity index (χ1) is 1.00. The molecule has 0 saturated heterocycles. The van der Waals surface area contributed by atoms with E-state index in [1.165, 1.54) is 0 Å². The molecule has 4 radical (unpaired) electrons.